The number of hydrogen-bond acceptors (Lipinski definition) is 3. The van der Waals surface area contributed by atoms with Crippen molar-refractivity contribution in [3.05, 3.63) is 64.2 Å². The number of carbonyl (C=O) groups is 1. The van der Waals surface area contributed by atoms with Gasteiger partial charge >= 0.3 is 0 Å². The van der Waals surface area contributed by atoms with Crippen molar-refractivity contribution < 1.29 is 14.3 Å². The maximum absolute atomic E-state index is 13.4. The SMILES string of the molecule is O=C1c2ccc(OC[C@@H]3CCCO3)cc2CCC1CC1CCc2cc(CC3CCCCCC3)ccc2C1. The second kappa shape index (κ2) is 11.7. The van der Waals surface area contributed by atoms with Crippen molar-refractivity contribution in [2.24, 2.45) is 17.8 Å². The number of fused-ring (bicyclic) bond motifs is 2. The van der Waals surface area contributed by atoms with Gasteiger partial charge < -0.3 is 9.47 Å². The molecular formula is C34H44O3. The van der Waals surface area contributed by atoms with Gasteiger partial charge in [-0.05, 0) is 110 Å². The second-order valence-corrected chi connectivity index (χ2v) is 12.4. The highest BCUT2D eigenvalue weighted by molar-refractivity contribution is 6.00. The molecule has 198 valence electrons. The third-order valence-electron chi connectivity index (χ3n) is 9.65. The van der Waals surface area contributed by atoms with E-state index >= 15 is 0 Å². The zero-order chi connectivity index (χ0) is 25.0. The fourth-order valence-electron chi connectivity index (χ4n) is 7.49. The third kappa shape index (κ3) is 6.14. The molecule has 3 atom stereocenters. The van der Waals surface area contributed by atoms with Gasteiger partial charge in [0.2, 0.25) is 0 Å². The van der Waals surface area contributed by atoms with E-state index in [0.717, 1.165) is 62.4 Å². The average molecular weight is 501 g/mol. The predicted octanol–water partition coefficient (Wildman–Crippen LogP) is 7.70. The molecule has 0 spiro atoms. The van der Waals surface area contributed by atoms with Crippen LogP contribution in [0.5, 0.6) is 5.75 Å². The number of Topliss-reactive ketones (excluding diaryl/α,β-unsaturated/α-hetero) is 1. The maximum atomic E-state index is 13.4. The fraction of sp³-hybridized carbons (Fsp3) is 0.618. The zero-order valence-electron chi connectivity index (χ0n) is 22.5. The lowest BCUT2D eigenvalue weighted by Gasteiger charge is -2.30. The summed E-state index contributed by atoms with van der Waals surface area (Å²) in [5.41, 5.74) is 6.78. The van der Waals surface area contributed by atoms with E-state index < -0.39 is 0 Å². The van der Waals surface area contributed by atoms with Gasteiger partial charge in [-0.3, -0.25) is 4.79 Å². The van der Waals surface area contributed by atoms with Crippen LogP contribution in [0.3, 0.4) is 0 Å². The topological polar surface area (TPSA) is 35.5 Å². The number of ether oxygens (including phenoxy) is 2. The lowest BCUT2D eigenvalue weighted by atomic mass is 9.73. The standard InChI is InChI=1S/C34H44O3/c35-34-30(14-13-29-22-31(15-16-33(29)34)37-23-32-8-5-17-36-32)21-26-10-12-27-19-25(9-11-28(27)20-26)18-24-6-3-1-2-4-7-24/h9,11,15-16,19,22,24,26,30,32H,1-8,10,12-14,17-18,20-21,23H2/t26?,30?,32-/m0/s1. The van der Waals surface area contributed by atoms with Gasteiger partial charge in [-0.25, -0.2) is 0 Å². The summed E-state index contributed by atoms with van der Waals surface area (Å²) in [4.78, 5) is 13.4. The molecule has 0 aromatic heterocycles. The first-order valence-electron chi connectivity index (χ1n) is 15.2. The monoisotopic (exact) mass is 500 g/mol. The molecule has 0 bridgehead atoms. The first-order valence-corrected chi connectivity index (χ1v) is 15.2. The van der Waals surface area contributed by atoms with E-state index in [1.807, 2.05) is 12.1 Å². The molecule has 6 rings (SSSR count). The number of carbonyl (C=O) groups excluding carboxylic acids is 1. The Morgan fingerprint density at radius 3 is 2.49 bits per heavy atom. The van der Waals surface area contributed by atoms with Crippen molar-refractivity contribution in [2.45, 2.75) is 102 Å². The fourth-order valence-corrected chi connectivity index (χ4v) is 7.49. The van der Waals surface area contributed by atoms with Crippen LogP contribution in [0.4, 0.5) is 0 Å². The quantitative estimate of drug-likeness (QED) is 0.365. The number of rotatable bonds is 7. The molecule has 1 heterocycles. The van der Waals surface area contributed by atoms with Crippen molar-refractivity contribution >= 4 is 5.78 Å². The van der Waals surface area contributed by atoms with Crippen LogP contribution in [-0.4, -0.2) is 25.1 Å². The lowest BCUT2D eigenvalue weighted by molar-refractivity contribution is 0.0678. The van der Waals surface area contributed by atoms with Gasteiger partial charge in [0, 0.05) is 18.1 Å². The molecule has 2 aromatic carbocycles. The van der Waals surface area contributed by atoms with Gasteiger partial charge in [-0.1, -0.05) is 56.7 Å². The van der Waals surface area contributed by atoms with E-state index in [9.17, 15) is 4.79 Å². The van der Waals surface area contributed by atoms with Crippen LogP contribution in [0.25, 0.3) is 0 Å². The minimum atomic E-state index is 0.173. The Bertz CT molecular complexity index is 1070. The Morgan fingerprint density at radius 2 is 1.65 bits per heavy atom. The Balaban J connectivity index is 1.03. The molecule has 2 fully saturated rings. The third-order valence-corrected chi connectivity index (χ3v) is 9.65. The van der Waals surface area contributed by atoms with Gasteiger partial charge in [0.15, 0.2) is 5.78 Å². The number of aryl methyl sites for hydroxylation is 2. The molecule has 0 radical (unpaired) electrons. The minimum absolute atomic E-state index is 0.173. The number of hydrogen-bond donors (Lipinski definition) is 0. The van der Waals surface area contributed by atoms with Crippen LogP contribution in [0, 0.1) is 17.8 Å². The molecule has 3 heteroatoms. The molecule has 37 heavy (non-hydrogen) atoms. The van der Waals surface area contributed by atoms with Gasteiger partial charge in [0.05, 0.1) is 6.10 Å². The summed E-state index contributed by atoms with van der Waals surface area (Å²) in [6, 6.07) is 13.5. The van der Waals surface area contributed by atoms with Crippen molar-refractivity contribution in [3.8, 4) is 5.75 Å². The smallest absolute Gasteiger partial charge is 0.166 e. The predicted molar refractivity (Wildman–Crippen MR) is 149 cm³/mol. The average Bonchev–Trinajstić information content (AvgIpc) is 3.32. The molecule has 2 aromatic rings. The summed E-state index contributed by atoms with van der Waals surface area (Å²) in [6.07, 6.45) is 18.8. The molecule has 4 aliphatic rings. The maximum Gasteiger partial charge on any atom is 0.166 e. The first kappa shape index (κ1) is 25.2. The normalized spacial score (nSPS) is 26.4. The number of ketones is 1. The molecule has 1 saturated carbocycles. The van der Waals surface area contributed by atoms with E-state index in [-0.39, 0.29) is 12.0 Å². The van der Waals surface area contributed by atoms with Crippen LogP contribution in [-0.2, 0) is 30.4 Å². The summed E-state index contributed by atoms with van der Waals surface area (Å²) < 4.78 is 11.7. The summed E-state index contributed by atoms with van der Waals surface area (Å²) in [5, 5.41) is 0. The Labute approximate surface area is 223 Å². The molecule has 3 aliphatic carbocycles. The van der Waals surface area contributed by atoms with Crippen LogP contribution in [0.2, 0.25) is 0 Å². The largest absolute Gasteiger partial charge is 0.491 e. The van der Waals surface area contributed by atoms with Crippen molar-refractivity contribution in [1.29, 1.82) is 0 Å². The zero-order valence-corrected chi connectivity index (χ0v) is 22.5. The highest BCUT2D eigenvalue weighted by atomic mass is 16.5. The lowest BCUT2D eigenvalue weighted by Crippen LogP contribution is -2.27. The van der Waals surface area contributed by atoms with E-state index in [1.54, 1.807) is 11.1 Å². The second-order valence-electron chi connectivity index (χ2n) is 12.4. The van der Waals surface area contributed by atoms with E-state index in [2.05, 4.69) is 24.3 Å². The van der Waals surface area contributed by atoms with Crippen LogP contribution in [0.15, 0.2) is 36.4 Å². The van der Waals surface area contributed by atoms with Crippen LogP contribution >= 0.6 is 0 Å². The van der Waals surface area contributed by atoms with Gasteiger partial charge in [-0.15, -0.1) is 0 Å². The van der Waals surface area contributed by atoms with Crippen LogP contribution < -0.4 is 4.74 Å². The summed E-state index contributed by atoms with van der Waals surface area (Å²) in [7, 11) is 0. The summed E-state index contributed by atoms with van der Waals surface area (Å²) >= 11 is 0. The molecule has 0 N–H and O–H groups in total. The Hall–Kier alpha value is -2.13. The molecular weight excluding hydrogens is 456 g/mol. The Morgan fingerprint density at radius 1 is 0.784 bits per heavy atom. The highest BCUT2D eigenvalue weighted by Crippen LogP contribution is 2.37. The molecule has 1 aliphatic heterocycles. The molecule has 1 saturated heterocycles. The highest BCUT2D eigenvalue weighted by Gasteiger charge is 2.31. The Kier molecular flexibility index (Phi) is 7.97. The minimum Gasteiger partial charge on any atom is -0.491 e. The van der Waals surface area contributed by atoms with Crippen LogP contribution in [0.1, 0.15) is 103 Å². The molecule has 2 unspecified atom stereocenters. The number of benzene rings is 2. The van der Waals surface area contributed by atoms with Crippen molar-refractivity contribution in [1.82, 2.24) is 0 Å². The van der Waals surface area contributed by atoms with Gasteiger partial charge in [0.25, 0.3) is 0 Å². The van der Waals surface area contributed by atoms with Crippen molar-refractivity contribution in [3.63, 3.8) is 0 Å². The molecule has 0 amide bonds. The van der Waals surface area contributed by atoms with E-state index in [4.69, 9.17) is 9.47 Å². The van der Waals surface area contributed by atoms with Gasteiger partial charge in [0.1, 0.15) is 12.4 Å². The van der Waals surface area contributed by atoms with Gasteiger partial charge in [-0.2, -0.15) is 0 Å². The van der Waals surface area contributed by atoms with E-state index in [0.29, 0.717) is 18.3 Å². The van der Waals surface area contributed by atoms with Crippen molar-refractivity contribution in [2.75, 3.05) is 13.2 Å². The van der Waals surface area contributed by atoms with E-state index in [1.165, 1.54) is 68.9 Å². The summed E-state index contributed by atoms with van der Waals surface area (Å²) in [5.74, 6) is 2.93. The first-order chi connectivity index (χ1) is 18.2. The summed E-state index contributed by atoms with van der Waals surface area (Å²) in [6.45, 7) is 1.46. The molecule has 3 nitrogen and oxygen atoms in total.